The Hall–Kier alpha value is -1.92. The van der Waals surface area contributed by atoms with Gasteiger partial charge in [0.2, 0.25) is 5.91 Å². The predicted molar refractivity (Wildman–Crippen MR) is 98.7 cm³/mol. The van der Waals surface area contributed by atoms with Gasteiger partial charge in [-0.2, -0.15) is 0 Å². The molecule has 0 radical (unpaired) electrons. The van der Waals surface area contributed by atoms with Gasteiger partial charge in [-0.3, -0.25) is 9.59 Å². The van der Waals surface area contributed by atoms with E-state index in [2.05, 4.69) is 10.3 Å². The highest BCUT2D eigenvalue weighted by Gasteiger charge is 2.28. The van der Waals surface area contributed by atoms with Gasteiger partial charge in [-0.15, -0.1) is 5.10 Å². The Morgan fingerprint density at radius 1 is 1.12 bits per heavy atom. The van der Waals surface area contributed by atoms with E-state index in [4.69, 9.17) is 0 Å². The minimum atomic E-state index is -0.0644. The molecule has 144 valence electrons. The van der Waals surface area contributed by atoms with Gasteiger partial charge in [0.05, 0.1) is 12.2 Å². The molecule has 3 rings (SSSR count). The molecule has 2 amide bonds. The zero-order valence-corrected chi connectivity index (χ0v) is 16.1. The molecule has 26 heavy (non-hydrogen) atoms. The summed E-state index contributed by atoms with van der Waals surface area (Å²) in [7, 11) is 0. The fourth-order valence-corrected chi connectivity index (χ4v) is 4.20. The Bertz CT molecular complexity index is 611. The molecule has 1 saturated carbocycles. The van der Waals surface area contributed by atoms with Gasteiger partial charge in [0.1, 0.15) is 0 Å². The van der Waals surface area contributed by atoms with Crippen LogP contribution in [0.2, 0.25) is 0 Å². The Kier molecular flexibility index (Phi) is 6.27. The predicted octanol–water partition coefficient (Wildman–Crippen LogP) is 2.50. The molecule has 0 N–H and O–H groups in total. The van der Waals surface area contributed by atoms with Crippen LogP contribution >= 0.6 is 0 Å². The lowest BCUT2D eigenvalue weighted by atomic mass is 10.0. The zero-order valence-electron chi connectivity index (χ0n) is 16.1. The van der Waals surface area contributed by atoms with Gasteiger partial charge in [-0.1, -0.05) is 18.1 Å². The minimum Gasteiger partial charge on any atom is -0.343 e. The van der Waals surface area contributed by atoms with Crippen molar-refractivity contribution in [1.82, 2.24) is 24.8 Å². The number of nitrogens with zero attached hydrogens (tertiary/aromatic N) is 5. The molecule has 1 aromatic heterocycles. The molecule has 1 aromatic rings. The number of carbonyl (C=O) groups is 2. The molecule has 1 aliphatic carbocycles. The van der Waals surface area contributed by atoms with Crippen molar-refractivity contribution < 1.29 is 9.59 Å². The first-order chi connectivity index (χ1) is 12.6. The largest absolute Gasteiger partial charge is 0.343 e. The van der Waals surface area contributed by atoms with Crippen molar-refractivity contribution in [2.75, 3.05) is 26.2 Å². The van der Waals surface area contributed by atoms with Gasteiger partial charge in [0.15, 0.2) is 5.69 Å². The van der Waals surface area contributed by atoms with Crippen molar-refractivity contribution in [3.05, 3.63) is 11.9 Å². The second-order valence-electron chi connectivity index (χ2n) is 7.53. The average molecular weight is 361 g/mol. The Morgan fingerprint density at radius 3 is 2.38 bits per heavy atom. The molecule has 0 unspecified atom stereocenters. The molecule has 0 spiro atoms. The lowest BCUT2D eigenvalue weighted by molar-refractivity contribution is -0.133. The lowest BCUT2D eigenvalue weighted by Gasteiger charge is -2.32. The molecule has 1 aliphatic heterocycles. The van der Waals surface area contributed by atoms with Crippen molar-refractivity contribution in [3.63, 3.8) is 0 Å². The van der Waals surface area contributed by atoms with Crippen LogP contribution in [0.5, 0.6) is 0 Å². The lowest BCUT2D eigenvalue weighted by Crippen LogP contribution is -2.39. The number of piperidine rings is 1. The first-order valence-corrected chi connectivity index (χ1v) is 10.1. The summed E-state index contributed by atoms with van der Waals surface area (Å²) in [5.41, 5.74) is 0.411. The average Bonchev–Trinajstić information content (AvgIpc) is 3.34. The van der Waals surface area contributed by atoms with E-state index in [1.807, 2.05) is 23.4 Å². The number of hydrogen-bond acceptors (Lipinski definition) is 4. The number of aromatic nitrogens is 3. The van der Waals surface area contributed by atoms with Gasteiger partial charge in [0.25, 0.3) is 5.91 Å². The molecule has 7 nitrogen and oxygen atoms in total. The number of hydrogen-bond donors (Lipinski definition) is 0. The molecule has 2 heterocycles. The summed E-state index contributed by atoms with van der Waals surface area (Å²) >= 11 is 0. The summed E-state index contributed by atoms with van der Waals surface area (Å²) < 4.78 is 1.81. The van der Waals surface area contributed by atoms with Crippen molar-refractivity contribution in [2.45, 2.75) is 64.8 Å². The summed E-state index contributed by atoms with van der Waals surface area (Å²) in [5.74, 6) is 0.848. The molecule has 0 bridgehead atoms. The van der Waals surface area contributed by atoms with Crippen LogP contribution in [-0.2, 0) is 4.79 Å². The number of likely N-dealkylation sites (tertiary alicyclic amines) is 1. The summed E-state index contributed by atoms with van der Waals surface area (Å²) in [6.45, 7) is 6.81. The third kappa shape index (κ3) is 4.24. The first kappa shape index (κ1) is 18.9. The molecular weight excluding hydrogens is 330 g/mol. The maximum absolute atomic E-state index is 12.5. The van der Waals surface area contributed by atoms with Crippen LogP contribution in [0.3, 0.4) is 0 Å². The van der Waals surface area contributed by atoms with Crippen LogP contribution in [0.1, 0.15) is 75.3 Å². The topological polar surface area (TPSA) is 71.3 Å². The number of carbonyl (C=O) groups excluding carboxylic acids is 2. The highest BCUT2D eigenvalue weighted by Crippen LogP contribution is 2.29. The normalized spacial score (nSPS) is 19.1. The first-order valence-electron chi connectivity index (χ1n) is 10.1. The van der Waals surface area contributed by atoms with E-state index >= 15 is 0 Å². The second-order valence-corrected chi connectivity index (χ2v) is 7.53. The number of amides is 2. The van der Waals surface area contributed by atoms with Gasteiger partial charge < -0.3 is 9.80 Å². The molecule has 2 fully saturated rings. The quantitative estimate of drug-likeness (QED) is 0.780. The van der Waals surface area contributed by atoms with E-state index < -0.39 is 0 Å². The van der Waals surface area contributed by atoms with Crippen molar-refractivity contribution >= 4 is 11.8 Å². The Morgan fingerprint density at radius 2 is 1.77 bits per heavy atom. The molecular formula is C19H31N5O2. The van der Waals surface area contributed by atoms with E-state index in [1.165, 1.54) is 25.7 Å². The van der Waals surface area contributed by atoms with E-state index in [-0.39, 0.29) is 11.9 Å². The summed E-state index contributed by atoms with van der Waals surface area (Å²) in [6.07, 6.45) is 9.21. The maximum atomic E-state index is 12.5. The second kappa shape index (κ2) is 8.64. The molecule has 0 aromatic carbocycles. The SMILES string of the molecule is CCN(CC)C(=O)c1cn(C2CCN(C(=O)CC3CCCC3)CC2)nn1. The fraction of sp³-hybridized carbons (Fsp3) is 0.789. The van der Waals surface area contributed by atoms with Gasteiger partial charge in [0, 0.05) is 32.6 Å². The Labute approximate surface area is 155 Å². The van der Waals surface area contributed by atoms with Gasteiger partial charge in [-0.25, -0.2) is 4.68 Å². The van der Waals surface area contributed by atoms with Crippen LogP contribution in [-0.4, -0.2) is 62.8 Å². The van der Waals surface area contributed by atoms with E-state index in [9.17, 15) is 9.59 Å². The van der Waals surface area contributed by atoms with E-state index in [0.29, 0.717) is 30.6 Å². The third-order valence-electron chi connectivity index (χ3n) is 5.91. The molecule has 2 aliphatic rings. The zero-order chi connectivity index (χ0) is 18.5. The van der Waals surface area contributed by atoms with Gasteiger partial charge in [-0.05, 0) is 45.4 Å². The minimum absolute atomic E-state index is 0.0644. The van der Waals surface area contributed by atoms with Crippen LogP contribution in [0.25, 0.3) is 0 Å². The van der Waals surface area contributed by atoms with Crippen molar-refractivity contribution in [2.24, 2.45) is 5.92 Å². The van der Waals surface area contributed by atoms with Crippen LogP contribution < -0.4 is 0 Å². The van der Waals surface area contributed by atoms with Crippen LogP contribution in [0, 0.1) is 5.92 Å². The standard InChI is InChI=1S/C19H31N5O2/c1-3-22(4-2)19(26)17-14-24(21-20-17)16-9-11-23(12-10-16)18(25)13-15-7-5-6-8-15/h14-16H,3-13H2,1-2H3. The Balaban J connectivity index is 1.52. The number of rotatable bonds is 6. The van der Waals surface area contributed by atoms with E-state index in [1.54, 1.807) is 11.1 Å². The monoisotopic (exact) mass is 361 g/mol. The van der Waals surface area contributed by atoms with Crippen LogP contribution in [0.4, 0.5) is 0 Å². The maximum Gasteiger partial charge on any atom is 0.276 e. The van der Waals surface area contributed by atoms with Crippen molar-refractivity contribution in [1.29, 1.82) is 0 Å². The van der Waals surface area contributed by atoms with Crippen LogP contribution in [0.15, 0.2) is 6.20 Å². The summed E-state index contributed by atoms with van der Waals surface area (Å²) in [4.78, 5) is 28.6. The third-order valence-corrected chi connectivity index (χ3v) is 5.91. The summed E-state index contributed by atoms with van der Waals surface area (Å²) in [5, 5.41) is 8.25. The van der Waals surface area contributed by atoms with E-state index in [0.717, 1.165) is 32.4 Å². The molecule has 0 atom stereocenters. The molecule has 7 heteroatoms. The summed E-state index contributed by atoms with van der Waals surface area (Å²) in [6, 6.07) is 0.219. The highest BCUT2D eigenvalue weighted by atomic mass is 16.2. The van der Waals surface area contributed by atoms with Gasteiger partial charge >= 0.3 is 0 Å². The van der Waals surface area contributed by atoms with Crippen molar-refractivity contribution in [3.8, 4) is 0 Å². The fourth-order valence-electron chi connectivity index (χ4n) is 4.20. The highest BCUT2D eigenvalue weighted by molar-refractivity contribution is 5.91. The molecule has 1 saturated heterocycles. The smallest absolute Gasteiger partial charge is 0.276 e.